The van der Waals surface area contributed by atoms with Gasteiger partial charge in [0.2, 0.25) is 5.91 Å². The number of carbonyl (C=O) groups is 2. The summed E-state index contributed by atoms with van der Waals surface area (Å²) in [5, 5.41) is 24.3. The van der Waals surface area contributed by atoms with E-state index < -0.39 is 0 Å². The van der Waals surface area contributed by atoms with E-state index in [-0.39, 0.29) is 45.4 Å². The molecule has 0 bridgehead atoms. The van der Waals surface area contributed by atoms with Gasteiger partial charge in [0.25, 0.3) is 5.24 Å². The van der Waals surface area contributed by atoms with Crippen molar-refractivity contribution in [1.82, 2.24) is 5.32 Å². The molecule has 5 aliphatic rings. The number of carbonyl (C=O) groups excluding carboxylic acids is 2. The summed E-state index contributed by atoms with van der Waals surface area (Å²) < 4.78 is 0. The lowest BCUT2D eigenvalue weighted by molar-refractivity contribution is -0.203. The molecule has 3 N–H and O–H groups in total. The van der Waals surface area contributed by atoms with Crippen LogP contribution in [0, 0.1) is 52.3 Å². The van der Waals surface area contributed by atoms with Crippen LogP contribution in [0.25, 0.3) is 0 Å². The Morgan fingerprint density at radius 2 is 1.73 bits per heavy atom. The average Bonchev–Trinajstić information content (AvgIpc) is 3.27. The van der Waals surface area contributed by atoms with Gasteiger partial charge in [0.1, 0.15) is 0 Å². The number of rotatable bonds is 4. The van der Waals surface area contributed by atoms with Crippen LogP contribution in [0.3, 0.4) is 0 Å². The molecule has 4 aliphatic carbocycles. The molecular weight excluding hydrogens is 434 g/mol. The lowest BCUT2D eigenvalue weighted by Crippen LogP contribution is -2.62. The second-order valence-electron chi connectivity index (χ2n) is 12.7. The summed E-state index contributed by atoms with van der Waals surface area (Å²) in [6.45, 7) is 9.47. The number of amides is 2. The van der Waals surface area contributed by atoms with Crippen LogP contribution in [0.2, 0.25) is 0 Å². The Kier molecular flexibility index (Phi) is 6.22. The lowest BCUT2D eigenvalue weighted by atomic mass is 9.41. The van der Waals surface area contributed by atoms with Crippen molar-refractivity contribution in [2.75, 3.05) is 0 Å². The Hall–Kier alpha value is -0.590. The van der Waals surface area contributed by atoms with Crippen LogP contribution in [0.1, 0.15) is 85.5 Å². The topological polar surface area (TPSA) is 86.6 Å². The second-order valence-corrected chi connectivity index (χ2v) is 13.9. The molecule has 0 aromatic carbocycles. The summed E-state index contributed by atoms with van der Waals surface area (Å²) in [7, 11) is 0. The van der Waals surface area contributed by atoms with Gasteiger partial charge in [0.05, 0.1) is 17.5 Å². The van der Waals surface area contributed by atoms with Crippen molar-refractivity contribution in [2.24, 2.45) is 52.3 Å². The maximum atomic E-state index is 12.2. The molecule has 1 saturated heterocycles. The molecule has 1 aliphatic heterocycles. The number of hydrogen-bond acceptors (Lipinski definition) is 5. The van der Waals surface area contributed by atoms with E-state index in [4.69, 9.17) is 0 Å². The highest BCUT2D eigenvalue weighted by Gasteiger charge is 2.65. The monoisotopic (exact) mass is 477 g/mol. The molecule has 0 spiro atoms. The quantitative estimate of drug-likeness (QED) is 0.531. The normalized spacial score (nSPS) is 52.6. The fourth-order valence-electron chi connectivity index (χ4n) is 9.98. The maximum Gasteiger partial charge on any atom is 0.286 e. The minimum Gasteiger partial charge on any atom is -0.393 e. The van der Waals surface area contributed by atoms with E-state index in [9.17, 15) is 19.8 Å². The number of aliphatic hydroxyl groups is 2. The molecule has 0 aromatic heterocycles. The standard InChI is InChI=1S/C27H43NO4S/c1-5-16-20-13-15(29)8-10-27(20,4)19-9-11-26(3)17(6-7-18(26)22(19)23(16)30)14(2)12-21-24(31)28-25(32)33-21/h14-23,29-30H,5-13H2,1-4H3,(H,28,31,32)/t14-,15-,16-,17?,18?,19?,20?,21-,22?,23-,26?,27?/m1/s1. The molecule has 33 heavy (non-hydrogen) atoms. The molecule has 1 heterocycles. The van der Waals surface area contributed by atoms with Crippen LogP contribution in [0.4, 0.5) is 4.79 Å². The molecule has 5 nitrogen and oxygen atoms in total. The summed E-state index contributed by atoms with van der Waals surface area (Å²) >= 11 is 1.16. The van der Waals surface area contributed by atoms with Gasteiger partial charge in [-0.3, -0.25) is 14.9 Å². The minimum atomic E-state index is -0.268. The van der Waals surface area contributed by atoms with Crippen molar-refractivity contribution in [1.29, 1.82) is 0 Å². The van der Waals surface area contributed by atoms with Crippen LogP contribution in [-0.4, -0.2) is 38.8 Å². The van der Waals surface area contributed by atoms with Crippen molar-refractivity contribution < 1.29 is 19.8 Å². The third-order valence-corrected chi connectivity index (χ3v) is 12.5. The first-order valence-electron chi connectivity index (χ1n) is 13.5. The predicted octanol–water partition coefficient (Wildman–Crippen LogP) is 4.99. The third kappa shape index (κ3) is 3.64. The van der Waals surface area contributed by atoms with E-state index in [2.05, 4.69) is 33.0 Å². The number of fused-ring (bicyclic) bond motifs is 5. The average molecular weight is 478 g/mol. The van der Waals surface area contributed by atoms with Gasteiger partial charge in [0.15, 0.2) is 0 Å². The van der Waals surface area contributed by atoms with Crippen LogP contribution in [-0.2, 0) is 4.79 Å². The number of nitrogens with one attached hydrogen (secondary N) is 1. The molecule has 2 amide bonds. The van der Waals surface area contributed by atoms with E-state index in [1.807, 2.05) is 0 Å². The van der Waals surface area contributed by atoms with Crippen molar-refractivity contribution in [3.8, 4) is 0 Å². The van der Waals surface area contributed by atoms with Gasteiger partial charge < -0.3 is 10.2 Å². The molecule has 0 radical (unpaired) electrons. The van der Waals surface area contributed by atoms with E-state index in [0.29, 0.717) is 35.5 Å². The highest BCUT2D eigenvalue weighted by Crippen LogP contribution is 2.69. The Morgan fingerprint density at radius 3 is 2.39 bits per heavy atom. The molecular formula is C27H43NO4S. The Balaban J connectivity index is 1.39. The van der Waals surface area contributed by atoms with Crippen LogP contribution >= 0.6 is 11.8 Å². The van der Waals surface area contributed by atoms with Gasteiger partial charge in [-0.15, -0.1) is 0 Å². The molecule has 5 fully saturated rings. The van der Waals surface area contributed by atoms with Crippen molar-refractivity contribution in [3.05, 3.63) is 0 Å². The van der Waals surface area contributed by atoms with E-state index >= 15 is 0 Å². The lowest BCUT2D eigenvalue weighted by Gasteiger charge is -2.64. The Bertz CT molecular complexity index is 805. The fourth-order valence-corrected chi connectivity index (χ4v) is 11.0. The summed E-state index contributed by atoms with van der Waals surface area (Å²) in [4.78, 5) is 23.9. The van der Waals surface area contributed by atoms with Crippen molar-refractivity contribution >= 4 is 22.9 Å². The predicted molar refractivity (Wildman–Crippen MR) is 130 cm³/mol. The Morgan fingerprint density at radius 1 is 1.03 bits per heavy atom. The van der Waals surface area contributed by atoms with Gasteiger partial charge in [-0.1, -0.05) is 45.9 Å². The summed E-state index contributed by atoms with van der Waals surface area (Å²) in [5.74, 6) is 2.96. The highest BCUT2D eigenvalue weighted by molar-refractivity contribution is 8.15. The van der Waals surface area contributed by atoms with Crippen molar-refractivity contribution in [2.45, 2.75) is 103 Å². The van der Waals surface area contributed by atoms with E-state index in [1.54, 1.807) is 0 Å². The van der Waals surface area contributed by atoms with Crippen LogP contribution in [0.5, 0.6) is 0 Å². The number of imide groups is 1. The number of aliphatic hydroxyl groups excluding tert-OH is 2. The second kappa shape index (κ2) is 8.51. The fraction of sp³-hybridized carbons (Fsp3) is 0.926. The van der Waals surface area contributed by atoms with Gasteiger partial charge in [-0.05, 0) is 104 Å². The van der Waals surface area contributed by atoms with Crippen LogP contribution < -0.4 is 5.32 Å². The smallest absolute Gasteiger partial charge is 0.286 e. The van der Waals surface area contributed by atoms with Crippen LogP contribution in [0.15, 0.2) is 0 Å². The summed E-state index contributed by atoms with van der Waals surface area (Å²) in [5.41, 5.74) is 0.425. The summed E-state index contributed by atoms with van der Waals surface area (Å²) in [6, 6.07) is 0. The van der Waals surface area contributed by atoms with Gasteiger partial charge in [-0.25, -0.2) is 0 Å². The van der Waals surface area contributed by atoms with E-state index in [0.717, 1.165) is 43.9 Å². The maximum absolute atomic E-state index is 12.2. The van der Waals surface area contributed by atoms with Gasteiger partial charge in [-0.2, -0.15) is 0 Å². The summed E-state index contributed by atoms with van der Waals surface area (Å²) in [6.07, 6.45) is 8.85. The zero-order valence-electron chi connectivity index (χ0n) is 20.8. The largest absolute Gasteiger partial charge is 0.393 e. The SMILES string of the molecule is CC[C@@H]1C2C[C@H](O)CCC2(C)C2CCC3(C)C(CCC3[C@H](C)C[C@H]3SC(=O)NC3=O)C2[C@@H]1O. The first-order chi connectivity index (χ1) is 15.6. The third-order valence-electron chi connectivity index (χ3n) is 11.5. The Labute approximate surface area is 203 Å². The first kappa shape index (κ1) is 24.1. The van der Waals surface area contributed by atoms with Gasteiger partial charge in [0, 0.05) is 0 Å². The number of thioether (sulfide) groups is 1. The van der Waals surface area contributed by atoms with Crippen molar-refractivity contribution in [3.63, 3.8) is 0 Å². The molecule has 7 unspecified atom stereocenters. The molecule has 186 valence electrons. The minimum absolute atomic E-state index is 0.118. The zero-order chi connectivity index (χ0) is 23.7. The zero-order valence-corrected chi connectivity index (χ0v) is 21.6. The molecule has 6 heteroatoms. The first-order valence-corrected chi connectivity index (χ1v) is 14.4. The molecule has 5 rings (SSSR count). The molecule has 4 saturated carbocycles. The number of hydrogen-bond donors (Lipinski definition) is 3. The van der Waals surface area contributed by atoms with E-state index in [1.165, 1.54) is 25.7 Å². The molecule has 12 atom stereocenters. The highest BCUT2D eigenvalue weighted by atomic mass is 32.2. The van der Waals surface area contributed by atoms with Gasteiger partial charge >= 0.3 is 0 Å². The molecule has 0 aromatic rings.